The Bertz CT molecular complexity index is 1680. The molecule has 0 radical (unpaired) electrons. The monoisotopic (exact) mass is 787 g/mol. The average molecular weight is 788 g/mol. The smallest absolute Gasteiger partial charge is 0.302 e. The van der Waals surface area contributed by atoms with Crippen molar-refractivity contribution in [1.29, 1.82) is 0 Å². The topological polar surface area (TPSA) is 204 Å². The van der Waals surface area contributed by atoms with Crippen LogP contribution >= 0.6 is 0 Å². The summed E-state index contributed by atoms with van der Waals surface area (Å²) in [5, 5.41) is 9.87. The number of carbonyl (C=O) groups excluding carboxylic acids is 6. The van der Waals surface area contributed by atoms with Gasteiger partial charge in [-0.3, -0.25) is 28.8 Å². The summed E-state index contributed by atoms with van der Waals surface area (Å²) in [6.07, 6.45) is -0.148. The molecular formula is C36H46F5N5O9. The molecule has 2 aromatic carbocycles. The maximum Gasteiger partial charge on any atom is 0.302 e. The summed E-state index contributed by atoms with van der Waals surface area (Å²) >= 11 is 0. The van der Waals surface area contributed by atoms with Gasteiger partial charge in [-0.15, -0.1) is 0 Å². The predicted octanol–water partition coefficient (Wildman–Crippen LogP) is 3.43. The SMILES string of the molecule is CC(=O)OCc1ccc(NC(=O)[C@H](CC(N)=O)NC(=O)[C@H](C)NC(=O)[C@H](C)NC(=O)CCC(C)(C)OCCC(C)COc2c(F)c(F)c(F)c(F)c2F)cc1. The quantitative estimate of drug-likeness (QED) is 0.0544. The Hall–Kier alpha value is -5.33. The summed E-state index contributed by atoms with van der Waals surface area (Å²) in [6.45, 7) is 8.74. The zero-order chi connectivity index (χ0) is 41.6. The van der Waals surface area contributed by atoms with E-state index >= 15 is 0 Å². The van der Waals surface area contributed by atoms with E-state index in [2.05, 4.69) is 21.3 Å². The van der Waals surface area contributed by atoms with Gasteiger partial charge in [0.05, 0.1) is 18.6 Å². The van der Waals surface area contributed by atoms with Crippen molar-refractivity contribution in [2.24, 2.45) is 11.7 Å². The fourth-order valence-corrected chi connectivity index (χ4v) is 4.63. The molecule has 0 saturated heterocycles. The molecule has 304 valence electrons. The Morgan fingerprint density at radius 2 is 1.33 bits per heavy atom. The van der Waals surface area contributed by atoms with Crippen LogP contribution in [0.3, 0.4) is 0 Å². The molecule has 2 aromatic rings. The van der Waals surface area contributed by atoms with Crippen LogP contribution in [0.15, 0.2) is 24.3 Å². The number of nitrogens with two attached hydrogens (primary N) is 1. The minimum absolute atomic E-state index is 0.0280. The van der Waals surface area contributed by atoms with E-state index in [1.165, 1.54) is 32.9 Å². The summed E-state index contributed by atoms with van der Waals surface area (Å²) < 4.78 is 83.3. The van der Waals surface area contributed by atoms with Gasteiger partial charge in [-0.25, -0.2) is 13.2 Å². The minimum Gasteiger partial charge on any atom is -0.487 e. The van der Waals surface area contributed by atoms with Crippen LogP contribution in [0.4, 0.5) is 27.6 Å². The second-order valence-electron chi connectivity index (χ2n) is 13.4. The summed E-state index contributed by atoms with van der Waals surface area (Å²) in [4.78, 5) is 73.8. The molecule has 0 fully saturated rings. The number of halogens is 5. The lowest BCUT2D eigenvalue weighted by atomic mass is 10.0. The summed E-state index contributed by atoms with van der Waals surface area (Å²) in [7, 11) is 0. The lowest BCUT2D eigenvalue weighted by Crippen LogP contribution is -2.55. The molecule has 5 amide bonds. The molecule has 0 aliphatic rings. The zero-order valence-corrected chi connectivity index (χ0v) is 31.2. The zero-order valence-electron chi connectivity index (χ0n) is 31.2. The van der Waals surface area contributed by atoms with E-state index in [0.29, 0.717) is 11.3 Å². The Labute approximate surface area is 314 Å². The number of hydrogen-bond donors (Lipinski definition) is 5. The first-order valence-electron chi connectivity index (χ1n) is 17.1. The van der Waals surface area contributed by atoms with Gasteiger partial charge < -0.3 is 41.2 Å². The van der Waals surface area contributed by atoms with Gasteiger partial charge in [0.25, 0.3) is 0 Å². The lowest BCUT2D eigenvalue weighted by Gasteiger charge is -2.26. The molecule has 0 heterocycles. The van der Waals surface area contributed by atoms with Crippen molar-refractivity contribution in [2.45, 2.75) is 97.6 Å². The van der Waals surface area contributed by atoms with Crippen LogP contribution in [0.5, 0.6) is 5.75 Å². The number of ether oxygens (including phenoxy) is 3. The molecule has 0 aromatic heterocycles. The summed E-state index contributed by atoms with van der Waals surface area (Å²) in [5.74, 6) is -16.6. The molecule has 55 heavy (non-hydrogen) atoms. The van der Waals surface area contributed by atoms with Gasteiger partial charge in [-0.05, 0) is 64.2 Å². The predicted molar refractivity (Wildman–Crippen MR) is 186 cm³/mol. The molecule has 14 nitrogen and oxygen atoms in total. The van der Waals surface area contributed by atoms with Crippen LogP contribution in [-0.4, -0.2) is 72.4 Å². The van der Waals surface area contributed by atoms with Crippen molar-refractivity contribution >= 4 is 41.2 Å². The van der Waals surface area contributed by atoms with E-state index in [1.807, 2.05) is 0 Å². The van der Waals surface area contributed by atoms with Crippen LogP contribution in [0.2, 0.25) is 0 Å². The van der Waals surface area contributed by atoms with Gasteiger partial charge in [0.15, 0.2) is 5.75 Å². The highest BCUT2D eigenvalue weighted by Gasteiger charge is 2.29. The molecule has 2 rings (SSSR count). The highest BCUT2D eigenvalue weighted by atomic mass is 19.2. The summed E-state index contributed by atoms with van der Waals surface area (Å²) in [6, 6.07) is 2.57. The average Bonchev–Trinajstić information content (AvgIpc) is 3.11. The van der Waals surface area contributed by atoms with Crippen molar-refractivity contribution in [1.82, 2.24) is 16.0 Å². The fraction of sp³-hybridized carbons (Fsp3) is 0.500. The number of carbonyl (C=O) groups is 6. The molecule has 6 N–H and O–H groups in total. The first-order valence-corrected chi connectivity index (χ1v) is 17.1. The second kappa shape index (κ2) is 20.9. The number of benzene rings is 2. The third-order valence-corrected chi connectivity index (χ3v) is 7.96. The largest absolute Gasteiger partial charge is 0.487 e. The maximum atomic E-state index is 13.8. The minimum atomic E-state index is -2.29. The lowest BCUT2D eigenvalue weighted by molar-refractivity contribution is -0.142. The molecule has 0 aliphatic carbocycles. The standard InChI is InChI=1S/C36H46F5N5O9/c1-18(16-54-32-30(40)28(38)27(37)29(39)31(32)41)12-14-55-36(5,6)13-11-26(49)43-19(2)33(50)44-20(3)34(51)46-24(15-25(42)48)35(52)45-23-9-7-22(8-10-23)17-53-21(4)47/h7-10,18-20,24H,11-17H2,1-6H3,(H2,42,48)(H,43,49)(H,44,50)(H,45,52)(H,46,51)/t18?,19-,20-,24-/m0/s1. The molecule has 0 bridgehead atoms. The van der Waals surface area contributed by atoms with E-state index in [9.17, 15) is 50.7 Å². The number of amides is 5. The van der Waals surface area contributed by atoms with Crippen LogP contribution in [0, 0.1) is 35.0 Å². The van der Waals surface area contributed by atoms with Gasteiger partial charge in [-0.2, -0.15) is 8.78 Å². The normalized spacial score (nSPS) is 13.4. The van der Waals surface area contributed by atoms with Gasteiger partial charge in [0.2, 0.25) is 58.6 Å². The molecule has 0 spiro atoms. The second-order valence-corrected chi connectivity index (χ2v) is 13.4. The van der Waals surface area contributed by atoms with E-state index in [-0.39, 0.29) is 39.1 Å². The number of anilines is 1. The van der Waals surface area contributed by atoms with Crippen molar-refractivity contribution < 1.29 is 64.9 Å². The first-order chi connectivity index (χ1) is 25.6. The molecule has 4 atom stereocenters. The maximum absolute atomic E-state index is 13.8. The van der Waals surface area contributed by atoms with E-state index < -0.39 is 106 Å². The molecule has 0 aliphatic heterocycles. The highest BCUT2D eigenvalue weighted by Crippen LogP contribution is 2.29. The number of nitrogens with one attached hydrogen (secondary N) is 4. The molecular weight excluding hydrogens is 741 g/mol. The fourth-order valence-electron chi connectivity index (χ4n) is 4.63. The molecule has 0 saturated carbocycles. The Morgan fingerprint density at radius 3 is 1.89 bits per heavy atom. The van der Waals surface area contributed by atoms with Crippen molar-refractivity contribution in [3.63, 3.8) is 0 Å². The molecule has 19 heteroatoms. The van der Waals surface area contributed by atoms with Crippen LogP contribution < -0.4 is 31.7 Å². The van der Waals surface area contributed by atoms with Crippen LogP contribution in [0.1, 0.15) is 72.8 Å². The van der Waals surface area contributed by atoms with E-state index in [4.69, 9.17) is 19.9 Å². The Morgan fingerprint density at radius 1 is 0.782 bits per heavy atom. The number of hydrogen-bond acceptors (Lipinski definition) is 9. The third kappa shape index (κ3) is 15.1. The third-order valence-electron chi connectivity index (χ3n) is 7.96. The molecule has 1 unspecified atom stereocenters. The Balaban J connectivity index is 1.80. The van der Waals surface area contributed by atoms with E-state index in [0.717, 1.165) is 0 Å². The van der Waals surface area contributed by atoms with Crippen molar-refractivity contribution in [3.8, 4) is 5.75 Å². The van der Waals surface area contributed by atoms with Gasteiger partial charge in [0.1, 0.15) is 24.7 Å². The van der Waals surface area contributed by atoms with Gasteiger partial charge in [-0.1, -0.05) is 19.1 Å². The van der Waals surface area contributed by atoms with Crippen molar-refractivity contribution in [3.05, 3.63) is 58.9 Å². The highest BCUT2D eigenvalue weighted by molar-refractivity contribution is 6.00. The first kappa shape index (κ1) is 45.8. The van der Waals surface area contributed by atoms with Crippen LogP contribution in [0.25, 0.3) is 0 Å². The van der Waals surface area contributed by atoms with E-state index in [1.54, 1.807) is 32.9 Å². The van der Waals surface area contributed by atoms with Gasteiger partial charge in [0, 0.05) is 25.6 Å². The van der Waals surface area contributed by atoms with Gasteiger partial charge >= 0.3 is 5.97 Å². The van der Waals surface area contributed by atoms with Crippen molar-refractivity contribution in [2.75, 3.05) is 18.5 Å². The van der Waals surface area contributed by atoms with Crippen LogP contribution in [-0.2, 0) is 44.8 Å². The number of primary amides is 1. The number of rotatable bonds is 21. The Kier molecular flexibility index (Phi) is 17.4. The summed E-state index contributed by atoms with van der Waals surface area (Å²) in [5.41, 5.74) is 5.40. The number of esters is 1.